The molecule has 1 fully saturated rings. The van der Waals surface area contributed by atoms with Gasteiger partial charge in [-0.25, -0.2) is 0 Å². The number of phenolic OH excluding ortho intramolecular Hbond substituents is 2. The molecule has 0 bridgehead atoms. The van der Waals surface area contributed by atoms with Crippen molar-refractivity contribution in [3.05, 3.63) is 23.8 Å². The average Bonchev–Trinajstić information content (AvgIpc) is 2.42. The Bertz CT molecular complexity index is 459. The lowest BCUT2D eigenvalue weighted by Gasteiger charge is -2.32. The molecule has 1 aromatic carbocycles. The third-order valence-electron chi connectivity index (χ3n) is 3.43. The van der Waals surface area contributed by atoms with Crippen molar-refractivity contribution in [2.75, 3.05) is 26.8 Å². The second-order valence-electron chi connectivity index (χ2n) is 4.92. The molecular weight excluding hydrogens is 246 g/mol. The van der Waals surface area contributed by atoms with Crippen molar-refractivity contribution in [3.63, 3.8) is 0 Å². The minimum Gasteiger partial charge on any atom is -0.504 e. The number of piperidine rings is 1. The van der Waals surface area contributed by atoms with Crippen molar-refractivity contribution >= 4 is 5.91 Å². The van der Waals surface area contributed by atoms with Crippen LogP contribution < -0.4 is 0 Å². The molecule has 0 aliphatic carbocycles. The molecule has 5 heteroatoms. The third kappa shape index (κ3) is 3.17. The van der Waals surface area contributed by atoms with E-state index in [4.69, 9.17) is 4.74 Å². The number of likely N-dealkylation sites (tertiary alicyclic amines) is 1. The Morgan fingerprint density at radius 3 is 2.89 bits per heavy atom. The summed E-state index contributed by atoms with van der Waals surface area (Å²) in [6, 6.07) is 4.16. The molecule has 1 unspecified atom stereocenters. The summed E-state index contributed by atoms with van der Waals surface area (Å²) in [4.78, 5) is 14.1. The highest BCUT2D eigenvalue weighted by Crippen LogP contribution is 2.26. The van der Waals surface area contributed by atoms with Crippen LogP contribution in [0.2, 0.25) is 0 Å². The second kappa shape index (κ2) is 5.93. The molecule has 2 rings (SSSR count). The summed E-state index contributed by atoms with van der Waals surface area (Å²) in [5.41, 5.74) is 0.397. The van der Waals surface area contributed by atoms with Gasteiger partial charge >= 0.3 is 0 Å². The minimum absolute atomic E-state index is 0.115. The van der Waals surface area contributed by atoms with Crippen molar-refractivity contribution in [1.82, 2.24) is 4.90 Å². The Morgan fingerprint density at radius 2 is 2.21 bits per heavy atom. The van der Waals surface area contributed by atoms with Crippen molar-refractivity contribution in [3.8, 4) is 11.5 Å². The van der Waals surface area contributed by atoms with E-state index in [9.17, 15) is 15.0 Å². The van der Waals surface area contributed by atoms with E-state index in [0.29, 0.717) is 24.6 Å². The molecule has 0 radical (unpaired) electrons. The van der Waals surface area contributed by atoms with Gasteiger partial charge in [-0.3, -0.25) is 4.79 Å². The van der Waals surface area contributed by atoms with Gasteiger partial charge in [0.2, 0.25) is 0 Å². The Balaban J connectivity index is 2.08. The molecule has 5 nitrogen and oxygen atoms in total. The molecule has 1 aromatic rings. The van der Waals surface area contributed by atoms with Crippen molar-refractivity contribution in [1.29, 1.82) is 0 Å². The molecule has 104 valence electrons. The van der Waals surface area contributed by atoms with E-state index in [0.717, 1.165) is 19.4 Å². The van der Waals surface area contributed by atoms with Gasteiger partial charge in [-0.05, 0) is 37.0 Å². The van der Waals surface area contributed by atoms with Gasteiger partial charge in [0.15, 0.2) is 11.5 Å². The summed E-state index contributed by atoms with van der Waals surface area (Å²) in [5.74, 6) is -0.228. The summed E-state index contributed by atoms with van der Waals surface area (Å²) >= 11 is 0. The van der Waals surface area contributed by atoms with E-state index >= 15 is 0 Å². The lowest BCUT2D eigenvalue weighted by atomic mass is 9.98. The maximum absolute atomic E-state index is 12.3. The van der Waals surface area contributed by atoms with Crippen LogP contribution in [0.3, 0.4) is 0 Å². The fraction of sp³-hybridized carbons (Fsp3) is 0.500. The Kier molecular flexibility index (Phi) is 4.27. The van der Waals surface area contributed by atoms with Gasteiger partial charge in [0.1, 0.15) is 0 Å². The third-order valence-corrected chi connectivity index (χ3v) is 3.43. The monoisotopic (exact) mass is 265 g/mol. The fourth-order valence-electron chi connectivity index (χ4n) is 2.46. The lowest BCUT2D eigenvalue weighted by molar-refractivity contribution is 0.0570. The number of hydrogen-bond acceptors (Lipinski definition) is 4. The molecule has 1 amide bonds. The highest BCUT2D eigenvalue weighted by molar-refractivity contribution is 5.95. The van der Waals surface area contributed by atoms with Crippen molar-refractivity contribution in [2.45, 2.75) is 12.8 Å². The van der Waals surface area contributed by atoms with Crippen LogP contribution in [0.25, 0.3) is 0 Å². The number of rotatable bonds is 3. The molecule has 1 atom stereocenters. The number of amides is 1. The zero-order valence-electron chi connectivity index (χ0n) is 11.0. The molecule has 1 aliphatic rings. The number of hydrogen-bond donors (Lipinski definition) is 2. The Hall–Kier alpha value is -1.75. The average molecular weight is 265 g/mol. The largest absolute Gasteiger partial charge is 0.504 e. The zero-order valence-corrected chi connectivity index (χ0v) is 11.0. The summed E-state index contributed by atoms with van der Waals surface area (Å²) in [6.07, 6.45) is 2.03. The maximum Gasteiger partial charge on any atom is 0.254 e. The Labute approximate surface area is 112 Å². The van der Waals surface area contributed by atoms with Crippen LogP contribution in [-0.2, 0) is 4.74 Å². The van der Waals surface area contributed by atoms with E-state index in [1.807, 2.05) is 0 Å². The van der Waals surface area contributed by atoms with Crippen LogP contribution in [0.5, 0.6) is 11.5 Å². The molecular formula is C14H19NO4. The molecule has 19 heavy (non-hydrogen) atoms. The molecule has 1 aliphatic heterocycles. The second-order valence-corrected chi connectivity index (χ2v) is 4.92. The van der Waals surface area contributed by atoms with Crippen LogP contribution >= 0.6 is 0 Å². The number of benzene rings is 1. The van der Waals surface area contributed by atoms with Crippen LogP contribution in [0, 0.1) is 5.92 Å². The van der Waals surface area contributed by atoms with E-state index < -0.39 is 0 Å². The van der Waals surface area contributed by atoms with Gasteiger partial charge < -0.3 is 19.8 Å². The van der Waals surface area contributed by atoms with Crippen LogP contribution in [0.1, 0.15) is 23.2 Å². The molecule has 2 N–H and O–H groups in total. The summed E-state index contributed by atoms with van der Waals surface area (Å²) in [7, 11) is 1.67. The fourth-order valence-corrected chi connectivity index (χ4v) is 2.46. The van der Waals surface area contributed by atoms with Crippen molar-refractivity contribution in [2.24, 2.45) is 5.92 Å². The van der Waals surface area contributed by atoms with E-state index in [2.05, 4.69) is 0 Å². The zero-order chi connectivity index (χ0) is 13.8. The standard InChI is InChI=1S/C14H19NO4/c1-19-9-10-3-2-6-15(8-10)14(18)11-4-5-12(16)13(17)7-11/h4-5,7,10,16-17H,2-3,6,8-9H2,1H3. The number of aromatic hydroxyl groups is 2. The van der Waals surface area contributed by atoms with Crippen LogP contribution in [0.15, 0.2) is 18.2 Å². The molecule has 0 aromatic heterocycles. The van der Waals surface area contributed by atoms with Gasteiger partial charge in [-0.2, -0.15) is 0 Å². The Morgan fingerprint density at radius 1 is 1.42 bits per heavy atom. The first kappa shape index (κ1) is 13.7. The topological polar surface area (TPSA) is 70.0 Å². The first-order valence-electron chi connectivity index (χ1n) is 6.42. The lowest BCUT2D eigenvalue weighted by Crippen LogP contribution is -2.41. The first-order valence-corrected chi connectivity index (χ1v) is 6.42. The number of ether oxygens (including phenoxy) is 1. The van der Waals surface area contributed by atoms with Gasteiger partial charge in [-0.15, -0.1) is 0 Å². The smallest absolute Gasteiger partial charge is 0.254 e. The number of carbonyl (C=O) groups is 1. The highest BCUT2D eigenvalue weighted by Gasteiger charge is 2.24. The van der Waals surface area contributed by atoms with Crippen molar-refractivity contribution < 1.29 is 19.7 Å². The van der Waals surface area contributed by atoms with E-state index in [-0.39, 0.29) is 17.4 Å². The van der Waals surface area contributed by atoms with Gasteiger partial charge in [0.05, 0.1) is 6.61 Å². The van der Waals surface area contributed by atoms with E-state index in [1.54, 1.807) is 12.0 Å². The molecule has 0 saturated carbocycles. The van der Waals surface area contributed by atoms with E-state index in [1.165, 1.54) is 18.2 Å². The highest BCUT2D eigenvalue weighted by atomic mass is 16.5. The predicted molar refractivity (Wildman–Crippen MR) is 70.3 cm³/mol. The maximum atomic E-state index is 12.3. The molecule has 1 saturated heterocycles. The molecule has 1 heterocycles. The van der Waals surface area contributed by atoms with Crippen LogP contribution in [-0.4, -0.2) is 47.8 Å². The SMILES string of the molecule is COCC1CCCN(C(=O)c2ccc(O)c(O)c2)C1. The van der Waals surface area contributed by atoms with Crippen LogP contribution in [0.4, 0.5) is 0 Å². The summed E-state index contributed by atoms with van der Waals surface area (Å²) in [5, 5.41) is 18.7. The normalized spacial score (nSPS) is 19.4. The number of methoxy groups -OCH3 is 1. The number of nitrogens with zero attached hydrogens (tertiary/aromatic N) is 1. The summed E-state index contributed by atoms with van der Waals surface area (Å²) in [6.45, 7) is 2.06. The number of phenols is 2. The quantitative estimate of drug-likeness (QED) is 0.814. The van der Waals surface area contributed by atoms with Gasteiger partial charge in [0, 0.05) is 25.8 Å². The minimum atomic E-state index is -0.267. The molecule has 0 spiro atoms. The first-order chi connectivity index (χ1) is 9.11. The predicted octanol–water partition coefficient (Wildman–Crippen LogP) is 1.60. The number of carbonyl (C=O) groups excluding carboxylic acids is 1. The summed E-state index contributed by atoms with van der Waals surface area (Å²) < 4.78 is 5.14. The van der Waals surface area contributed by atoms with Gasteiger partial charge in [0.25, 0.3) is 5.91 Å². The van der Waals surface area contributed by atoms with Gasteiger partial charge in [-0.1, -0.05) is 0 Å².